The number of hydrogen-bond acceptors (Lipinski definition) is 3. The second kappa shape index (κ2) is 2.75. The largest absolute Gasteiger partial charge is 0.493 e. The normalized spacial score (nSPS) is 13.1. The molecule has 0 radical (unpaired) electrons. The fraction of sp³-hybridized carbons (Fsp3) is 0.429. The van der Waals surface area contributed by atoms with Crippen LogP contribution in [0.1, 0.15) is 18.5 Å². The molecule has 56 valence electrons. The monoisotopic (exact) mass is 141 g/mol. The number of rotatable bonds is 2. The predicted octanol–water partition coefficient (Wildman–Crippen LogP) is 1.31. The molecule has 0 aliphatic rings. The van der Waals surface area contributed by atoms with Gasteiger partial charge in [-0.3, -0.25) is 0 Å². The van der Waals surface area contributed by atoms with Crippen molar-refractivity contribution >= 4 is 0 Å². The van der Waals surface area contributed by atoms with Crippen molar-refractivity contribution in [2.24, 2.45) is 5.73 Å². The third-order valence-corrected chi connectivity index (χ3v) is 1.37. The lowest BCUT2D eigenvalue weighted by Gasteiger charge is -2.02. The quantitative estimate of drug-likeness (QED) is 0.675. The Morgan fingerprint density at radius 2 is 2.30 bits per heavy atom. The van der Waals surface area contributed by atoms with Gasteiger partial charge in [0.25, 0.3) is 0 Å². The summed E-state index contributed by atoms with van der Waals surface area (Å²) < 4.78 is 9.87. The van der Waals surface area contributed by atoms with Gasteiger partial charge in [-0.2, -0.15) is 0 Å². The Morgan fingerprint density at radius 3 is 2.70 bits per heavy atom. The lowest BCUT2D eigenvalue weighted by atomic mass is 10.2. The molecule has 1 unspecified atom stereocenters. The number of methoxy groups -OCH3 is 1. The van der Waals surface area contributed by atoms with Crippen molar-refractivity contribution in [1.29, 1.82) is 0 Å². The highest BCUT2D eigenvalue weighted by atomic mass is 16.5. The van der Waals surface area contributed by atoms with Gasteiger partial charge >= 0.3 is 0 Å². The molecular formula is C7H11NO2. The van der Waals surface area contributed by atoms with E-state index in [1.54, 1.807) is 19.6 Å². The summed E-state index contributed by atoms with van der Waals surface area (Å²) in [5, 5.41) is 0. The maximum atomic E-state index is 5.59. The zero-order chi connectivity index (χ0) is 7.56. The molecule has 0 fully saturated rings. The van der Waals surface area contributed by atoms with E-state index >= 15 is 0 Å². The third-order valence-electron chi connectivity index (χ3n) is 1.37. The van der Waals surface area contributed by atoms with E-state index in [-0.39, 0.29) is 6.04 Å². The molecule has 1 atom stereocenters. The van der Waals surface area contributed by atoms with Gasteiger partial charge in [0.1, 0.15) is 6.26 Å². The van der Waals surface area contributed by atoms with Gasteiger partial charge in [-0.25, -0.2) is 0 Å². The lowest BCUT2D eigenvalue weighted by molar-refractivity contribution is 0.401. The zero-order valence-electron chi connectivity index (χ0n) is 6.13. The minimum absolute atomic E-state index is 0.0336. The van der Waals surface area contributed by atoms with Crippen LogP contribution in [-0.4, -0.2) is 7.11 Å². The Kier molecular flexibility index (Phi) is 1.97. The van der Waals surface area contributed by atoms with Crippen LogP contribution in [0.3, 0.4) is 0 Å². The topological polar surface area (TPSA) is 48.4 Å². The van der Waals surface area contributed by atoms with Crippen molar-refractivity contribution in [1.82, 2.24) is 0 Å². The Bertz CT molecular complexity index is 205. The highest BCUT2D eigenvalue weighted by Gasteiger charge is 2.08. The highest BCUT2D eigenvalue weighted by Crippen LogP contribution is 2.23. The fourth-order valence-corrected chi connectivity index (χ4v) is 0.793. The molecular weight excluding hydrogens is 130 g/mol. The van der Waals surface area contributed by atoms with Gasteiger partial charge in [0.2, 0.25) is 0 Å². The van der Waals surface area contributed by atoms with Crippen LogP contribution < -0.4 is 10.5 Å². The van der Waals surface area contributed by atoms with Crippen molar-refractivity contribution < 1.29 is 9.15 Å². The van der Waals surface area contributed by atoms with Gasteiger partial charge in [-0.1, -0.05) is 0 Å². The third kappa shape index (κ3) is 1.14. The van der Waals surface area contributed by atoms with Crippen LogP contribution in [0.15, 0.2) is 16.9 Å². The molecule has 0 aliphatic carbocycles. The number of furan rings is 1. The first kappa shape index (κ1) is 7.15. The Balaban J connectivity index is 2.90. The van der Waals surface area contributed by atoms with Crippen molar-refractivity contribution in [2.45, 2.75) is 13.0 Å². The molecule has 0 saturated carbocycles. The highest BCUT2D eigenvalue weighted by molar-refractivity contribution is 5.30. The molecule has 3 heteroatoms. The minimum atomic E-state index is -0.0336. The molecule has 1 rings (SSSR count). The zero-order valence-corrected chi connectivity index (χ0v) is 6.13. The van der Waals surface area contributed by atoms with Gasteiger partial charge in [-0.15, -0.1) is 0 Å². The van der Waals surface area contributed by atoms with E-state index < -0.39 is 0 Å². The molecule has 0 aromatic carbocycles. The molecule has 0 amide bonds. The predicted molar refractivity (Wildman–Crippen MR) is 37.9 cm³/mol. The first-order valence-corrected chi connectivity index (χ1v) is 3.11. The van der Waals surface area contributed by atoms with E-state index in [1.807, 2.05) is 6.92 Å². The molecule has 2 N–H and O–H groups in total. The summed E-state index contributed by atoms with van der Waals surface area (Å²) >= 11 is 0. The summed E-state index contributed by atoms with van der Waals surface area (Å²) in [7, 11) is 1.59. The van der Waals surface area contributed by atoms with Gasteiger partial charge in [-0.05, 0) is 6.92 Å². The summed E-state index contributed by atoms with van der Waals surface area (Å²) in [6, 6.07) is -0.0336. The van der Waals surface area contributed by atoms with E-state index in [1.165, 1.54) is 0 Å². The first-order valence-electron chi connectivity index (χ1n) is 3.11. The summed E-state index contributed by atoms with van der Waals surface area (Å²) in [4.78, 5) is 0. The first-order chi connectivity index (χ1) is 4.75. The summed E-state index contributed by atoms with van der Waals surface area (Å²) in [6.45, 7) is 1.88. The molecule has 1 heterocycles. The van der Waals surface area contributed by atoms with Crippen LogP contribution in [0.25, 0.3) is 0 Å². The Morgan fingerprint density at radius 1 is 1.60 bits per heavy atom. The van der Waals surface area contributed by atoms with Crippen molar-refractivity contribution in [3.05, 3.63) is 18.1 Å². The van der Waals surface area contributed by atoms with E-state index in [2.05, 4.69) is 0 Å². The van der Waals surface area contributed by atoms with E-state index in [0.29, 0.717) is 0 Å². The van der Waals surface area contributed by atoms with Gasteiger partial charge in [0.05, 0.1) is 13.4 Å². The fourth-order valence-electron chi connectivity index (χ4n) is 0.793. The SMILES string of the molecule is COc1cocc1C(C)N. The second-order valence-corrected chi connectivity index (χ2v) is 2.18. The average Bonchev–Trinajstić information content (AvgIpc) is 2.33. The van der Waals surface area contributed by atoms with E-state index in [9.17, 15) is 0 Å². The number of hydrogen-bond donors (Lipinski definition) is 1. The van der Waals surface area contributed by atoms with E-state index in [0.717, 1.165) is 11.3 Å². The lowest BCUT2D eigenvalue weighted by Crippen LogP contribution is -2.04. The average molecular weight is 141 g/mol. The van der Waals surface area contributed by atoms with Gasteiger partial charge < -0.3 is 14.9 Å². The molecule has 3 nitrogen and oxygen atoms in total. The van der Waals surface area contributed by atoms with E-state index in [4.69, 9.17) is 14.9 Å². The molecule has 0 spiro atoms. The van der Waals surface area contributed by atoms with Crippen LogP contribution in [0.5, 0.6) is 5.75 Å². The maximum absolute atomic E-state index is 5.59. The van der Waals surface area contributed by atoms with Crippen LogP contribution in [0.2, 0.25) is 0 Å². The number of ether oxygens (including phenoxy) is 1. The summed E-state index contributed by atoms with van der Waals surface area (Å²) in [6.07, 6.45) is 3.14. The molecule has 0 bridgehead atoms. The van der Waals surface area contributed by atoms with Crippen molar-refractivity contribution in [2.75, 3.05) is 7.11 Å². The molecule has 0 saturated heterocycles. The smallest absolute Gasteiger partial charge is 0.161 e. The van der Waals surface area contributed by atoms with Crippen LogP contribution >= 0.6 is 0 Å². The molecule has 10 heavy (non-hydrogen) atoms. The van der Waals surface area contributed by atoms with Crippen LogP contribution in [-0.2, 0) is 0 Å². The van der Waals surface area contributed by atoms with Crippen molar-refractivity contribution in [3.8, 4) is 5.75 Å². The van der Waals surface area contributed by atoms with Gasteiger partial charge in [0, 0.05) is 11.6 Å². The van der Waals surface area contributed by atoms with Crippen LogP contribution in [0, 0.1) is 0 Å². The standard InChI is InChI=1S/C7H11NO2/c1-5(8)6-3-10-4-7(6)9-2/h3-5H,8H2,1-2H3. The number of nitrogens with two attached hydrogens (primary N) is 1. The maximum Gasteiger partial charge on any atom is 0.161 e. The minimum Gasteiger partial charge on any atom is -0.493 e. The summed E-state index contributed by atoms with van der Waals surface area (Å²) in [5.74, 6) is 0.718. The van der Waals surface area contributed by atoms with Crippen LogP contribution in [0.4, 0.5) is 0 Å². The molecule has 1 aromatic rings. The molecule has 1 aromatic heterocycles. The Hall–Kier alpha value is -0.960. The van der Waals surface area contributed by atoms with Gasteiger partial charge in [0.15, 0.2) is 5.75 Å². The Labute approximate surface area is 59.8 Å². The summed E-state index contributed by atoms with van der Waals surface area (Å²) in [5.41, 5.74) is 6.50. The second-order valence-electron chi connectivity index (χ2n) is 2.18. The molecule has 0 aliphatic heterocycles. The van der Waals surface area contributed by atoms with Crippen molar-refractivity contribution in [3.63, 3.8) is 0 Å².